The number of alkyl carbamates (subject to hydrolysis) is 1. The molecule has 1 heterocycles. The van der Waals surface area contributed by atoms with Crippen molar-refractivity contribution in [2.75, 3.05) is 12.4 Å². The van der Waals surface area contributed by atoms with Gasteiger partial charge in [0.25, 0.3) is 5.91 Å². The summed E-state index contributed by atoms with van der Waals surface area (Å²) in [4.78, 5) is 42.9. The summed E-state index contributed by atoms with van der Waals surface area (Å²) < 4.78 is 10.2. The minimum absolute atomic E-state index is 0.0955. The Balaban J connectivity index is 2.71. The van der Waals surface area contributed by atoms with Crippen LogP contribution in [0.4, 0.5) is 10.5 Å². The molecule has 0 aliphatic carbocycles. The maximum atomic E-state index is 13.3. The molecule has 0 radical (unpaired) electrons. The molecule has 0 bridgehead atoms. The van der Waals surface area contributed by atoms with E-state index in [1.54, 1.807) is 34.6 Å². The smallest absolute Gasteiger partial charge is 0.407 e. The molecular formula is C30H43N5O5. The second kappa shape index (κ2) is 14.0. The van der Waals surface area contributed by atoms with Crippen LogP contribution in [0.5, 0.6) is 0 Å². The van der Waals surface area contributed by atoms with Crippen molar-refractivity contribution in [3.63, 3.8) is 0 Å². The summed E-state index contributed by atoms with van der Waals surface area (Å²) in [5, 5.41) is 14.1. The molecule has 2 aromatic rings. The van der Waals surface area contributed by atoms with Gasteiger partial charge in [-0.3, -0.25) is 20.0 Å². The molecule has 1 aromatic heterocycles. The molecule has 0 fully saturated rings. The summed E-state index contributed by atoms with van der Waals surface area (Å²) in [6.07, 6.45) is 0.288. The number of anilines is 1. The van der Waals surface area contributed by atoms with Gasteiger partial charge in [0.05, 0.1) is 18.5 Å². The number of pyridine rings is 1. The van der Waals surface area contributed by atoms with Crippen LogP contribution in [0.3, 0.4) is 0 Å². The molecule has 40 heavy (non-hydrogen) atoms. The van der Waals surface area contributed by atoms with Gasteiger partial charge in [0, 0.05) is 29.9 Å². The second-order valence-corrected chi connectivity index (χ2v) is 11.1. The van der Waals surface area contributed by atoms with Crippen LogP contribution >= 0.6 is 0 Å². The molecule has 5 N–H and O–H groups in total. The number of nitrogens with zero attached hydrogens (tertiary/aromatic N) is 1. The average molecular weight is 554 g/mol. The molecule has 0 aliphatic rings. The highest BCUT2D eigenvalue weighted by Gasteiger charge is 2.29. The Morgan fingerprint density at radius 3 is 2.25 bits per heavy atom. The zero-order valence-electron chi connectivity index (χ0n) is 24.9. The highest BCUT2D eigenvalue weighted by Crippen LogP contribution is 2.36. The zero-order chi connectivity index (χ0) is 30.2. The molecule has 1 atom stereocenters. The zero-order valence-corrected chi connectivity index (χ0v) is 24.9. The number of carbonyl (C=O) groups is 3. The summed E-state index contributed by atoms with van der Waals surface area (Å²) in [6.45, 7) is 13.5. The van der Waals surface area contributed by atoms with Crippen LogP contribution in [-0.2, 0) is 38.6 Å². The Labute approximate surface area is 236 Å². The fourth-order valence-electron chi connectivity index (χ4n) is 4.27. The number of amides is 2. The first-order valence-corrected chi connectivity index (χ1v) is 13.5. The summed E-state index contributed by atoms with van der Waals surface area (Å²) in [6, 6.07) is 7.60. The predicted octanol–water partition coefficient (Wildman–Crippen LogP) is 4.90. The maximum absolute atomic E-state index is 13.3. The molecule has 10 nitrogen and oxygen atoms in total. The largest absolute Gasteiger partial charge is 0.469 e. The van der Waals surface area contributed by atoms with Crippen LogP contribution in [0.2, 0.25) is 0 Å². The number of benzene rings is 1. The van der Waals surface area contributed by atoms with Crippen LogP contribution < -0.4 is 16.4 Å². The summed E-state index contributed by atoms with van der Waals surface area (Å²) in [7, 11) is 1.23. The van der Waals surface area contributed by atoms with E-state index in [1.807, 2.05) is 24.3 Å². The van der Waals surface area contributed by atoms with Crippen molar-refractivity contribution in [1.82, 2.24) is 10.3 Å². The van der Waals surface area contributed by atoms with E-state index in [4.69, 9.17) is 25.6 Å². The predicted molar refractivity (Wildman–Crippen MR) is 156 cm³/mol. The van der Waals surface area contributed by atoms with E-state index in [2.05, 4.69) is 24.5 Å². The van der Waals surface area contributed by atoms with Gasteiger partial charge in [0.2, 0.25) is 0 Å². The van der Waals surface area contributed by atoms with Gasteiger partial charge in [0.15, 0.2) is 0 Å². The van der Waals surface area contributed by atoms with E-state index in [-0.39, 0.29) is 18.9 Å². The SMILES string of the molecule is CCC(C(=N)C(=O)Nc1c(C)nc(CC(C)C)c(CNC(=O)OC(C)(C)C)c1-c1ccc(CN)cc1)C(=O)OC. The number of nitrogens with one attached hydrogen (secondary N) is 3. The molecule has 0 saturated carbocycles. The molecule has 0 saturated heterocycles. The van der Waals surface area contributed by atoms with E-state index in [1.165, 1.54) is 7.11 Å². The monoisotopic (exact) mass is 553 g/mol. The normalized spacial score (nSPS) is 12.1. The quantitative estimate of drug-likeness (QED) is 0.228. The molecule has 2 amide bonds. The van der Waals surface area contributed by atoms with Crippen LogP contribution in [0.1, 0.15) is 70.5 Å². The topological polar surface area (TPSA) is 156 Å². The van der Waals surface area contributed by atoms with Crippen molar-refractivity contribution in [2.24, 2.45) is 17.6 Å². The first-order valence-electron chi connectivity index (χ1n) is 13.5. The standard InChI is InChI=1S/C30H43N5O5/c1-9-21(28(37)39-8)25(32)27(36)35-26-18(4)34-23(14-17(2)3)22(16-33-29(38)40-30(5,6)7)24(26)20-12-10-19(15-31)11-13-20/h10-13,17,21,32H,9,14-16,31H2,1-8H3,(H,33,38)(H,35,36). The fraction of sp³-hybridized carbons (Fsp3) is 0.500. The number of methoxy groups -OCH3 is 1. The van der Waals surface area contributed by atoms with Gasteiger partial charge in [-0.15, -0.1) is 0 Å². The second-order valence-electron chi connectivity index (χ2n) is 11.1. The van der Waals surface area contributed by atoms with Gasteiger partial charge >= 0.3 is 12.1 Å². The van der Waals surface area contributed by atoms with Crippen LogP contribution in [-0.4, -0.2) is 41.4 Å². The Bertz CT molecular complexity index is 1230. The third-order valence-corrected chi connectivity index (χ3v) is 6.18. The van der Waals surface area contributed by atoms with Crippen molar-refractivity contribution in [3.8, 4) is 11.1 Å². The molecule has 0 aliphatic heterocycles. The highest BCUT2D eigenvalue weighted by atomic mass is 16.6. The lowest BCUT2D eigenvalue weighted by atomic mass is 9.91. The van der Waals surface area contributed by atoms with Crippen molar-refractivity contribution in [1.29, 1.82) is 5.41 Å². The minimum atomic E-state index is -1.00. The minimum Gasteiger partial charge on any atom is -0.469 e. The number of carbonyl (C=O) groups excluding carboxylic acids is 3. The van der Waals surface area contributed by atoms with Gasteiger partial charge in [-0.2, -0.15) is 0 Å². The highest BCUT2D eigenvalue weighted by molar-refractivity contribution is 6.45. The number of rotatable bonds is 11. The van der Waals surface area contributed by atoms with Gasteiger partial charge in [0.1, 0.15) is 17.2 Å². The Morgan fingerprint density at radius 2 is 1.75 bits per heavy atom. The first-order chi connectivity index (χ1) is 18.7. The van der Waals surface area contributed by atoms with Crippen molar-refractivity contribution in [2.45, 2.75) is 80.0 Å². The summed E-state index contributed by atoms with van der Waals surface area (Å²) in [5.41, 5.74) is 9.53. The molecular weight excluding hydrogens is 510 g/mol. The number of hydrogen-bond donors (Lipinski definition) is 4. The molecule has 0 spiro atoms. The number of hydrogen-bond acceptors (Lipinski definition) is 8. The van der Waals surface area contributed by atoms with Crippen molar-refractivity contribution < 1.29 is 23.9 Å². The molecule has 10 heteroatoms. The lowest BCUT2D eigenvalue weighted by molar-refractivity contribution is -0.143. The van der Waals surface area contributed by atoms with Crippen molar-refractivity contribution >= 4 is 29.4 Å². The van der Waals surface area contributed by atoms with Gasteiger partial charge < -0.3 is 25.8 Å². The number of aryl methyl sites for hydroxylation is 1. The molecule has 218 valence electrons. The van der Waals surface area contributed by atoms with E-state index >= 15 is 0 Å². The lowest BCUT2D eigenvalue weighted by Crippen LogP contribution is -2.35. The number of esters is 1. The van der Waals surface area contributed by atoms with E-state index in [0.29, 0.717) is 35.5 Å². The van der Waals surface area contributed by atoms with Crippen molar-refractivity contribution in [3.05, 3.63) is 46.8 Å². The van der Waals surface area contributed by atoms with Crippen LogP contribution in [0.15, 0.2) is 24.3 Å². The summed E-state index contributed by atoms with van der Waals surface area (Å²) >= 11 is 0. The van der Waals surface area contributed by atoms with Gasteiger partial charge in [-0.05, 0) is 57.6 Å². The maximum Gasteiger partial charge on any atom is 0.407 e. The fourth-order valence-corrected chi connectivity index (χ4v) is 4.27. The molecule has 1 aromatic carbocycles. The number of ether oxygens (including phenoxy) is 2. The third kappa shape index (κ3) is 8.61. The number of aromatic nitrogens is 1. The first kappa shape index (κ1) is 32.4. The van der Waals surface area contributed by atoms with Gasteiger partial charge in [-0.1, -0.05) is 45.0 Å². The summed E-state index contributed by atoms with van der Waals surface area (Å²) in [5.74, 6) is -2.12. The Kier molecular flexibility index (Phi) is 11.4. The number of nitrogens with two attached hydrogens (primary N) is 1. The third-order valence-electron chi connectivity index (χ3n) is 6.18. The van der Waals surface area contributed by atoms with E-state index in [9.17, 15) is 14.4 Å². The average Bonchev–Trinajstić information content (AvgIpc) is 2.88. The van der Waals surface area contributed by atoms with E-state index < -0.39 is 35.2 Å². The molecule has 1 unspecified atom stereocenters. The van der Waals surface area contributed by atoms with Crippen LogP contribution in [0, 0.1) is 24.2 Å². The van der Waals surface area contributed by atoms with Crippen LogP contribution in [0.25, 0.3) is 11.1 Å². The Hall–Kier alpha value is -3.79. The Morgan fingerprint density at radius 1 is 1.12 bits per heavy atom. The lowest BCUT2D eigenvalue weighted by Gasteiger charge is -2.24. The van der Waals surface area contributed by atoms with E-state index in [0.717, 1.165) is 16.8 Å². The molecule has 2 rings (SSSR count). The van der Waals surface area contributed by atoms with Gasteiger partial charge in [-0.25, -0.2) is 4.79 Å².